The van der Waals surface area contributed by atoms with Gasteiger partial charge in [0.05, 0.1) is 5.75 Å². The zero-order valence-corrected chi connectivity index (χ0v) is 9.40. The highest BCUT2D eigenvalue weighted by molar-refractivity contribution is 7.99. The van der Waals surface area contributed by atoms with E-state index in [4.69, 9.17) is 0 Å². The van der Waals surface area contributed by atoms with Gasteiger partial charge in [0, 0.05) is 19.1 Å². The fourth-order valence-electron chi connectivity index (χ4n) is 2.17. The summed E-state index contributed by atoms with van der Waals surface area (Å²) in [5.41, 5.74) is 0. The molecule has 2 unspecified atom stereocenters. The molecule has 2 atom stereocenters. The summed E-state index contributed by atoms with van der Waals surface area (Å²) in [4.78, 5) is 11.4. The average molecular weight is 214 g/mol. The van der Waals surface area contributed by atoms with Crippen LogP contribution in [0.5, 0.6) is 0 Å². The zero-order chi connectivity index (χ0) is 9.97. The standard InChI is InChI=1S/C10H18N2OS/c1-2-3-14-6-9(13)12-10-7-4-11-5-8(7)10/h7-8,10-11H,2-6H2,1H3,(H,12,13). The van der Waals surface area contributed by atoms with Crippen LogP contribution in [0.4, 0.5) is 0 Å². The lowest BCUT2D eigenvalue weighted by Crippen LogP contribution is -2.33. The maximum atomic E-state index is 11.4. The number of carbonyl (C=O) groups excluding carboxylic acids is 1. The highest BCUT2D eigenvalue weighted by Crippen LogP contribution is 2.41. The molecule has 1 saturated heterocycles. The SMILES string of the molecule is CCCSCC(=O)NC1C2CNCC21. The molecule has 0 aromatic heterocycles. The molecular weight excluding hydrogens is 196 g/mol. The Morgan fingerprint density at radius 1 is 1.50 bits per heavy atom. The predicted octanol–water partition coefficient (Wildman–Crippen LogP) is 0.464. The monoisotopic (exact) mass is 214 g/mol. The summed E-state index contributed by atoms with van der Waals surface area (Å²) in [5.74, 6) is 3.41. The van der Waals surface area contributed by atoms with Gasteiger partial charge < -0.3 is 10.6 Å². The Morgan fingerprint density at radius 2 is 2.21 bits per heavy atom. The summed E-state index contributed by atoms with van der Waals surface area (Å²) in [7, 11) is 0. The van der Waals surface area contributed by atoms with Crippen molar-refractivity contribution in [3.63, 3.8) is 0 Å². The summed E-state index contributed by atoms with van der Waals surface area (Å²) in [5, 5.41) is 6.44. The van der Waals surface area contributed by atoms with Crippen molar-refractivity contribution in [3.8, 4) is 0 Å². The molecule has 2 N–H and O–H groups in total. The fourth-order valence-corrected chi connectivity index (χ4v) is 2.87. The van der Waals surface area contributed by atoms with E-state index >= 15 is 0 Å². The molecule has 2 fully saturated rings. The highest BCUT2D eigenvalue weighted by Gasteiger charge is 2.53. The summed E-state index contributed by atoms with van der Waals surface area (Å²) in [6.45, 7) is 4.33. The van der Waals surface area contributed by atoms with Gasteiger partial charge >= 0.3 is 0 Å². The lowest BCUT2D eigenvalue weighted by molar-refractivity contribution is -0.118. The van der Waals surface area contributed by atoms with Crippen molar-refractivity contribution in [3.05, 3.63) is 0 Å². The second-order valence-electron chi connectivity index (χ2n) is 4.13. The van der Waals surface area contributed by atoms with Crippen LogP contribution < -0.4 is 10.6 Å². The minimum Gasteiger partial charge on any atom is -0.352 e. The first-order valence-electron chi connectivity index (χ1n) is 5.40. The van der Waals surface area contributed by atoms with Crippen LogP contribution in [0.1, 0.15) is 13.3 Å². The third kappa shape index (κ3) is 2.23. The molecule has 2 rings (SSSR count). The molecule has 1 heterocycles. The number of hydrogen-bond donors (Lipinski definition) is 2. The van der Waals surface area contributed by atoms with Crippen LogP contribution in [-0.4, -0.2) is 36.5 Å². The first kappa shape index (κ1) is 10.3. The minimum atomic E-state index is 0.225. The molecule has 1 aliphatic carbocycles. The zero-order valence-electron chi connectivity index (χ0n) is 8.58. The summed E-state index contributed by atoms with van der Waals surface area (Å²) in [6, 6.07) is 0.492. The molecule has 14 heavy (non-hydrogen) atoms. The Morgan fingerprint density at radius 3 is 2.86 bits per heavy atom. The first-order valence-corrected chi connectivity index (χ1v) is 6.56. The summed E-state index contributed by atoms with van der Waals surface area (Å²) >= 11 is 1.73. The van der Waals surface area contributed by atoms with E-state index < -0.39 is 0 Å². The van der Waals surface area contributed by atoms with Gasteiger partial charge in [-0.05, 0) is 24.0 Å². The number of carbonyl (C=O) groups is 1. The molecule has 2 aliphatic rings. The van der Waals surface area contributed by atoms with Crippen molar-refractivity contribution in [2.75, 3.05) is 24.6 Å². The molecule has 0 aromatic carbocycles. The molecule has 0 radical (unpaired) electrons. The Labute approximate surface area is 89.4 Å². The molecule has 1 saturated carbocycles. The Hall–Kier alpha value is -0.220. The maximum absolute atomic E-state index is 11.4. The third-order valence-corrected chi connectivity index (χ3v) is 4.16. The van der Waals surface area contributed by atoms with E-state index in [2.05, 4.69) is 17.6 Å². The number of hydrogen-bond acceptors (Lipinski definition) is 3. The smallest absolute Gasteiger partial charge is 0.230 e. The lowest BCUT2D eigenvalue weighted by Gasteiger charge is -2.06. The Balaban J connectivity index is 1.59. The normalized spacial score (nSPS) is 33.9. The van der Waals surface area contributed by atoms with Gasteiger partial charge in [-0.1, -0.05) is 6.92 Å². The molecule has 0 bridgehead atoms. The van der Waals surface area contributed by atoms with E-state index in [1.54, 1.807) is 11.8 Å². The molecule has 1 amide bonds. The lowest BCUT2D eigenvalue weighted by atomic mass is 10.4. The van der Waals surface area contributed by atoms with Crippen LogP contribution in [0.25, 0.3) is 0 Å². The largest absolute Gasteiger partial charge is 0.352 e. The van der Waals surface area contributed by atoms with E-state index in [1.165, 1.54) is 0 Å². The Kier molecular flexibility index (Phi) is 3.34. The van der Waals surface area contributed by atoms with Crippen molar-refractivity contribution in [2.45, 2.75) is 19.4 Å². The summed E-state index contributed by atoms with van der Waals surface area (Å²) < 4.78 is 0. The van der Waals surface area contributed by atoms with E-state index in [0.717, 1.165) is 37.1 Å². The van der Waals surface area contributed by atoms with Gasteiger partial charge in [-0.25, -0.2) is 0 Å². The molecular formula is C10H18N2OS. The minimum absolute atomic E-state index is 0.225. The van der Waals surface area contributed by atoms with Crippen LogP contribution in [-0.2, 0) is 4.79 Å². The van der Waals surface area contributed by atoms with Crippen LogP contribution in [0.3, 0.4) is 0 Å². The van der Waals surface area contributed by atoms with Crippen LogP contribution in [0, 0.1) is 11.8 Å². The van der Waals surface area contributed by atoms with E-state index in [1.807, 2.05) is 0 Å². The predicted molar refractivity (Wildman–Crippen MR) is 59.4 cm³/mol. The van der Waals surface area contributed by atoms with Gasteiger partial charge in [0.25, 0.3) is 0 Å². The van der Waals surface area contributed by atoms with Gasteiger partial charge in [0.1, 0.15) is 0 Å². The average Bonchev–Trinajstić information content (AvgIpc) is 2.64. The molecule has 1 aliphatic heterocycles. The van der Waals surface area contributed by atoms with E-state index in [9.17, 15) is 4.79 Å². The second kappa shape index (κ2) is 4.53. The van der Waals surface area contributed by atoms with Crippen molar-refractivity contribution in [1.82, 2.24) is 10.6 Å². The van der Waals surface area contributed by atoms with E-state index in [-0.39, 0.29) is 5.91 Å². The molecule has 0 aromatic rings. The summed E-state index contributed by atoms with van der Waals surface area (Å²) in [6.07, 6.45) is 1.15. The Bertz CT molecular complexity index is 212. The molecule has 0 spiro atoms. The number of rotatable bonds is 5. The number of thioether (sulfide) groups is 1. The molecule has 3 nitrogen and oxygen atoms in total. The highest BCUT2D eigenvalue weighted by atomic mass is 32.2. The van der Waals surface area contributed by atoms with Gasteiger partial charge in [0.2, 0.25) is 5.91 Å². The number of piperidine rings is 1. The van der Waals surface area contributed by atoms with Crippen molar-refractivity contribution in [2.24, 2.45) is 11.8 Å². The third-order valence-electron chi connectivity index (χ3n) is 3.00. The van der Waals surface area contributed by atoms with E-state index in [0.29, 0.717) is 11.8 Å². The van der Waals surface area contributed by atoms with Gasteiger partial charge in [0.15, 0.2) is 0 Å². The van der Waals surface area contributed by atoms with Crippen LogP contribution in [0.2, 0.25) is 0 Å². The fraction of sp³-hybridized carbons (Fsp3) is 0.900. The quantitative estimate of drug-likeness (QED) is 0.653. The van der Waals surface area contributed by atoms with Crippen molar-refractivity contribution >= 4 is 17.7 Å². The second-order valence-corrected chi connectivity index (χ2v) is 5.24. The van der Waals surface area contributed by atoms with Crippen molar-refractivity contribution in [1.29, 1.82) is 0 Å². The number of fused-ring (bicyclic) bond motifs is 1. The number of nitrogens with one attached hydrogen (secondary N) is 2. The molecule has 80 valence electrons. The van der Waals surface area contributed by atoms with Crippen LogP contribution in [0.15, 0.2) is 0 Å². The first-order chi connectivity index (χ1) is 6.83. The number of amides is 1. The van der Waals surface area contributed by atoms with Gasteiger partial charge in [-0.3, -0.25) is 4.79 Å². The van der Waals surface area contributed by atoms with Gasteiger partial charge in [-0.15, -0.1) is 0 Å². The van der Waals surface area contributed by atoms with Gasteiger partial charge in [-0.2, -0.15) is 11.8 Å². The van der Waals surface area contributed by atoms with Crippen molar-refractivity contribution < 1.29 is 4.79 Å². The molecule has 4 heteroatoms. The topological polar surface area (TPSA) is 41.1 Å². The van der Waals surface area contributed by atoms with Crippen LogP contribution >= 0.6 is 11.8 Å². The maximum Gasteiger partial charge on any atom is 0.230 e.